The molecule has 6 nitrogen and oxygen atoms in total. The van der Waals surface area contributed by atoms with E-state index in [-0.39, 0.29) is 29.6 Å². The molecule has 1 aromatic rings. The van der Waals surface area contributed by atoms with Crippen LogP contribution in [0.4, 0.5) is 0 Å². The summed E-state index contributed by atoms with van der Waals surface area (Å²) in [5, 5.41) is 3.07. The summed E-state index contributed by atoms with van der Waals surface area (Å²) in [4.78, 5) is 28.0. The van der Waals surface area contributed by atoms with E-state index in [1.54, 1.807) is 14.2 Å². The van der Waals surface area contributed by atoms with Gasteiger partial charge in [0.1, 0.15) is 11.5 Å². The van der Waals surface area contributed by atoms with Gasteiger partial charge in [-0.2, -0.15) is 0 Å². The average Bonchev–Trinajstić information content (AvgIpc) is 3.43. The summed E-state index contributed by atoms with van der Waals surface area (Å²) in [5.74, 6) is 1.44. The first-order valence-corrected chi connectivity index (χ1v) is 10.9. The number of carbonyl (C=O) groups excluding carboxylic acids is 2. The molecule has 0 radical (unpaired) electrons. The molecule has 1 saturated carbocycles. The Morgan fingerprint density at radius 1 is 1.14 bits per heavy atom. The lowest BCUT2D eigenvalue weighted by Crippen LogP contribution is -2.37. The molecule has 1 heterocycles. The van der Waals surface area contributed by atoms with Crippen molar-refractivity contribution in [3.63, 3.8) is 0 Å². The molecule has 2 fully saturated rings. The molecule has 1 aliphatic heterocycles. The van der Waals surface area contributed by atoms with Gasteiger partial charge in [-0.15, -0.1) is 0 Å². The molecule has 6 heteroatoms. The van der Waals surface area contributed by atoms with Crippen LogP contribution in [0.5, 0.6) is 11.5 Å². The predicted molar refractivity (Wildman–Crippen MR) is 112 cm³/mol. The van der Waals surface area contributed by atoms with Crippen LogP contribution < -0.4 is 14.8 Å². The van der Waals surface area contributed by atoms with Crippen LogP contribution in [-0.4, -0.2) is 50.6 Å². The third kappa shape index (κ3) is 4.85. The maximum absolute atomic E-state index is 13.1. The zero-order chi connectivity index (χ0) is 20.8. The first-order chi connectivity index (χ1) is 14.1. The van der Waals surface area contributed by atoms with Crippen molar-refractivity contribution in [3.8, 4) is 11.5 Å². The Kier molecular flexibility index (Phi) is 7.40. The third-order valence-corrected chi connectivity index (χ3v) is 6.34. The minimum absolute atomic E-state index is 0.0306. The van der Waals surface area contributed by atoms with E-state index in [4.69, 9.17) is 9.47 Å². The van der Waals surface area contributed by atoms with Crippen molar-refractivity contribution in [2.45, 2.75) is 51.4 Å². The van der Waals surface area contributed by atoms with Crippen molar-refractivity contribution in [2.75, 3.05) is 33.9 Å². The van der Waals surface area contributed by atoms with Crippen LogP contribution in [0.2, 0.25) is 0 Å². The molecule has 2 amide bonds. The fraction of sp³-hybridized carbons (Fsp3) is 0.652. The van der Waals surface area contributed by atoms with Gasteiger partial charge >= 0.3 is 0 Å². The Hall–Kier alpha value is -2.24. The molecule has 0 spiro atoms. The van der Waals surface area contributed by atoms with Gasteiger partial charge in [-0.3, -0.25) is 9.59 Å². The van der Waals surface area contributed by atoms with Gasteiger partial charge in [-0.25, -0.2) is 0 Å². The second-order valence-corrected chi connectivity index (χ2v) is 8.19. The minimum atomic E-state index is -0.264. The molecular weight excluding hydrogens is 368 g/mol. The lowest BCUT2D eigenvalue weighted by atomic mass is 9.87. The van der Waals surface area contributed by atoms with E-state index < -0.39 is 0 Å². The van der Waals surface area contributed by atoms with Gasteiger partial charge in [-0.1, -0.05) is 32.3 Å². The number of hydrogen-bond donors (Lipinski definition) is 1. The first kappa shape index (κ1) is 21.5. The smallest absolute Gasteiger partial charge is 0.225 e. The summed E-state index contributed by atoms with van der Waals surface area (Å²) in [6.07, 6.45) is 6.19. The lowest BCUT2D eigenvalue weighted by Gasteiger charge is -2.21. The van der Waals surface area contributed by atoms with E-state index in [0.29, 0.717) is 31.1 Å². The van der Waals surface area contributed by atoms with Gasteiger partial charge in [-0.05, 0) is 25.3 Å². The summed E-state index contributed by atoms with van der Waals surface area (Å²) < 4.78 is 10.9. The second kappa shape index (κ2) is 9.99. The highest BCUT2D eigenvalue weighted by Gasteiger charge is 2.43. The molecule has 1 aromatic carbocycles. The van der Waals surface area contributed by atoms with Gasteiger partial charge in [0.05, 0.1) is 20.1 Å². The summed E-state index contributed by atoms with van der Waals surface area (Å²) in [6.45, 7) is 3.82. The Labute approximate surface area is 173 Å². The van der Waals surface area contributed by atoms with E-state index in [0.717, 1.165) is 44.1 Å². The molecule has 2 unspecified atom stereocenters. The number of hydrogen-bond acceptors (Lipinski definition) is 4. The van der Waals surface area contributed by atoms with E-state index in [1.807, 2.05) is 23.1 Å². The largest absolute Gasteiger partial charge is 0.497 e. The topological polar surface area (TPSA) is 67.9 Å². The number of rotatable bonds is 8. The molecule has 29 heavy (non-hydrogen) atoms. The van der Waals surface area contributed by atoms with Crippen LogP contribution in [0, 0.1) is 11.8 Å². The summed E-state index contributed by atoms with van der Waals surface area (Å²) in [6, 6.07) is 5.71. The summed E-state index contributed by atoms with van der Waals surface area (Å²) in [5.41, 5.74) is 0.964. The van der Waals surface area contributed by atoms with Crippen LogP contribution >= 0.6 is 0 Å². The molecule has 1 saturated heterocycles. The average molecular weight is 403 g/mol. The Morgan fingerprint density at radius 2 is 1.90 bits per heavy atom. The number of benzene rings is 1. The molecule has 1 aliphatic carbocycles. The highest BCUT2D eigenvalue weighted by Crippen LogP contribution is 2.40. The van der Waals surface area contributed by atoms with Crippen molar-refractivity contribution >= 4 is 11.8 Å². The zero-order valence-corrected chi connectivity index (χ0v) is 17.9. The number of methoxy groups -OCH3 is 2. The van der Waals surface area contributed by atoms with Crippen LogP contribution in [0.25, 0.3) is 0 Å². The van der Waals surface area contributed by atoms with E-state index in [2.05, 4.69) is 12.2 Å². The normalized spacial score (nSPS) is 22.0. The van der Waals surface area contributed by atoms with E-state index in [9.17, 15) is 9.59 Å². The fourth-order valence-corrected chi connectivity index (χ4v) is 4.64. The number of nitrogens with zero attached hydrogens (tertiary/aromatic N) is 1. The van der Waals surface area contributed by atoms with E-state index in [1.165, 1.54) is 0 Å². The number of nitrogens with one attached hydrogen (secondary N) is 1. The van der Waals surface area contributed by atoms with E-state index >= 15 is 0 Å². The van der Waals surface area contributed by atoms with Gasteiger partial charge in [0.25, 0.3) is 0 Å². The maximum atomic E-state index is 13.1. The number of unbranched alkanes of at least 4 members (excludes halogenated alkanes) is 1. The third-order valence-electron chi connectivity index (χ3n) is 6.34. The van der Waals surface area contributed by atoms with Crippen molar-refractivity contribution in [1.82, 2.24) is 10.2 Å². The SMILES string of the molecule is CCCCNC(=O)C1CN(C(=O)C2CCCC2)CC1c1ccc(OC)cc1OC. The Bertz CT molecular complexity index is 715. The highest BCUT2D eigenvalue weighted by atomic mass is 16.5. The van der Waals surface area contributed by atoms with Crippen LogP contribution in [0.1, 0.15) is 56.9 Å². The molecule has 160 valence electrons. The number of amides is 2. The first-order valence-electron chi connectivity index (χ1n) is 10.9. The standard InChI is InChI=1S/C23H34N2O4/c1-4-5-12-24-22(26)20-15-25(23(27)16-8-6-7-9-16)14-19(20)18-11-10-17(28-2)13-21(18)29-3/h10-11,13,16,19-20H,4-9,12,14-15H2,1-3H3,(H,24,26). The Morgan fingerprint density at radius 3 is 2.55 bits per heavy atom. The quantitative estimate of drug-likeness (QED) is 0.677. The minimum Gasteiger partial charge on any atom is -0.497 e. The van der Waals surface area contributed by atoms with Crippen molar-refractivity contribution < 1.29 is 19.1 Å². The van der Waals surface area contributed by atoms with Crippen molar-refractivity contribution in [2.24, 2.45) is 11.8 Å². The van der Waals surface area contributed by atoms with Gasteiger partial charge in [0, 0.05) is 43.1 Å². The molecule has 2 aliphatic rings. The van der Waals surface area contributed by atoms with Crippen molar-refractivity contribution in [3.05, 3.63) is 23.8 Å². The monoisotopic (exact) mass is 402 g/mol. The number of carbonyl (C=O) groups is 2. The molecule has 0 bridgehead atoms. The molecule has 3 rings (SSSR count). The predicted octanol–water partition coefficient (Wildman–Crippen LogP) is 3.35. The molecular formula is C23H34N2O4. The summed E-state index contributed by atoms with van der Waals surface area (Å²) >= 11 is 0. The van der Waals surface area contributed by atoms with Crippen LogP contribution in [-0.2, 0) is 9.59 Å². The van der Waals surface area contributed by atoms with Gasteiger partial charge in [0.15, 0.2) is 0 Å². The summed E-state index contributed by atoms with van der Waals surface area (Å²) in [7, 11) is 3.25. The second-order valence-electron chi connectivity index (χ2n) is 8.19. The maximum Gasteiger partial charge on any atom is 0.225 e. The highest BCUT2D eigenvalue weighted by molar-refractivity contribution is 5.84. The Balaban J connectivity index is 1.84. The van der Waals surface area contributed by atoms with Crippen molar-refractivity contribution in [1.29, 1.82) is 0 Å². The van der Waals surface area contributed by atoms with Gasteiger partial charge in [0.2, 0.25) is 11.8 Å². The van der Waals surface area contributed by atoms with Gasteiger partial charge < -0.3 is 19.7 Å². The zero-order valence-electron chi connectivity index (χ0n) is 17.9. The molecule has 1 N–H and O–H groups in total. The molecule has 2 atom stereocenters. The molecule has 0 aromatic heterocycles. The van der Waals surface area contributed by atoms with Crippen LogP contribution in [0.3, 0.4) is 0 Å². The number of likely N-dealkylation sites (tertiary alicyclic amines) is 1. The fourth-order valence-electron chi connectivity index (χ4n) is 4.64. The number of ether oxygens (including phenoxy) is 2. The lowest BCUT2D eigenvalue weighted by molar-refractivity contribution is -0.134. The van der Waals surface area contributed by atoms with Crippen LogP contribution in [0.15, 0.2) is 18.2 Å².